The van der Waals surface area contributed by atoms with Gasteiger partial charge in [-0.3, -0.25) is 10.9 Å². The molecule has 3 N–H and O–H groups in total. The molecule has 6 nitrogen and oxygen atoms in total. The van der Waals surface area contributed by atoms with Crippen molar-refractivity contribution in [2.75, 3.05) is 25.7 Å². The maximum atomic E-state index is 5.22. The molecule has 0 saturated heterocycles. The van der Waals surface area contributed by atoms with Crippen molar-refractivity contribution in [1.82, 2.24) is 20.7 Å². The highest BCUT2D eigenvalue weighted by molar-refractivity contribution is 7.80. The molecule has 0 aliphatic carbocycles. The molecule has 0 spiro atoms. The number of nitrogens with one attached hydrogen (secondary N) is 3. The monoisotopic (exact) mass is 387 g/mol. The molecule has 0 unspecified atom stereocenters. The van der Waals surface area contributed by atoms with Gasteiger partial charge in [0.05, 0.1) is 16.8 Å². The molecule has 26 heavy (non-hydrogen) atoms. The Labute approximate surface area is 162 Å². The number of nitrogens with zero attached hydrogens (tertiary/aromatic N) is 2. The third kappa shape index (κ3) is 4.46. The summed E-state index contributed by atoms with van der Waals surface area (Å²) in [6.07, 6.45) is 1.55. The highest BCUT2D eigenvalue weighted by atomic mass is 32.1. The Morgan fingerprint density at radius 1 is 1.15 bits per heavy atom. The Hall–Kier alpha value is -2.29. The molecule has 0 amide bonds. The second kappa shape index (κ2) is 8.39. The minimum absolute atomic E-state index is 0.486. The molecule has 136 valence electrons. The molecule has 3 aromatic rings. The van der Waals surface area contributed by atoms with Gasteiger partial charge in [-0.1, -0.05) is 29.3 Å². The Bertz CT molecular complexity index is 905. The summed E-state index contributed by atoms with van der Waals surface area (Å²) in [7, 11) is 1.65. The van der Waals surface area contributed by atoms with E-state index in [1.807, 2.05) is 0 Å². The van der Waals surface area contributed by atoms with Gasteiger partial charge in [-0.2, -0.15) is 0 Å². The number of aryl methyl sites for hydroxylation is 2. The van der Waals surface area contributed by atoms with Crippen molar-refractivity contribution in [3.8, 4) is 10.4 Å². The van der Waals surface area contributed by atoms with Crippen LogP contribution in [0.5, 0.6) is 0 Å². The minimum Gasteiger partial charge on any atom is -0.383 e. The first-order valence-electron chi connectivity index (χ1n) is 8.19. The minimum atomic E-state index is 0.486. The third-order valence-electron chi connectivity index (χ3n) is 3.70. The lowest BCUT2D eigenvalue weighted by Crippen LogP contribution is -2.40. The zero-order valence-corrected chi connectivity index (χ0v) is 16.6. The topological polar surface area (TPSA) is 71.1 Å². The highest BCUT2D eigenvalue weighted by Crippen LogP contribution is 2.36. The third-order valence-corrected chi connectivity index (χ3v) is 5.13. The smallest absolute Gasteiger partial charge is 0.185 e. The van der Waals surface area contributed by atoms with Crippen molar-refractivity contribution in [3.05, 3.63) is 41.7 Å². The molecule has 0 fully saturated rings. The Kier molecular flexibility index (Phi) is 5.97. The number of methoxy groups -OCH3 is 1. The predicted molar refractivity (Wildman–Crippen MR) is 112 cm³/mol. The molecule has 3 rings (SSSR count). The average Bonchev–Trinajstić information content (AvgIpc) is 3.04. The second-order valence-corrected chi connectivity index (χ2v) is 7.38. The van der Waals surface area contributed by atoms with E-state index >= 15 is 0 Å². The number of benzene rings is 1. The number of anilines is 1. The molecular weight excluding hydrogens is 366 g/mol. The number of thiophene rings is 1. The summed E-state index contributed by atoms with van der Waals surface area (Å²) in [5, 5.41) is 3.52. The van der Waals surface area contributed by atoms with Crippen molar-refractivity contribution in [2.45, 2.75) is 13.8 Å². The van der Waals surface area contributed by atoms with E-state index < -0.39 is 0 Å². The predicted octanol–water partition coefficient (Wildman–Crippen LogP) is 3.41. The summed E-state index contributed by atoms with van der Waals surface area (Å²) in [4.78, 5) is 9.88. The van der Waals surface area contributed by atoms with Crippen LogP contribution in [0.4, 0.5) is 5.82 Å². The fourth-order valence-electron chi connectivity index (χ4n) is 2.63. The second-order valence-electron chi connectivity index (χ2n) is 5.92. The van der Waals surface area contributed by atoms with Gasteiger partial charge in [0.2, 0.25) is 0 Å². The summed E-state index contributed by atoms with van der Waals surface area (Å²) < 4.78 is 5.97. The van der Waals surface area contributed by atoms with Crippen LogP contribution in [0, 0.1) is 13.8 Å². The first-order chi connectivity index (χ1) is 12.6. The molecule has 0 aliphatic heterocycles. The molecule has 0 radical (unpaired) electrons. The number of fused-ring (bicyclic) bond motifs is 1. The number of hydrogen-bond donors (Lipinski definition) is 3. The van der Waals surface area contributed by atoms with Crippen LogP contribution in [0.2, 0.25) is 0 Å². The Morgan fingerprint density at radius 2 is 1.92 bits per heavy atom. The van der Waals surface area contributed by atoms with Crippen LogP contribution in [-0.2, 0) is 4.74 Å². The van der Waals surface area contributed by atoms with E-state index in [1.165, 1.54) is 16.7 Å². The fraction of sp³-hybridized carbons (Fsp3) is 0.278. The maximum Gasteiger partial charge on any atom is 0.185 e. The van der Waals surface area contributed by atoms with E-state index in [-0.39, 0.29) is 0 Å². The molecule has 0 bridgehead atoms. The standard InChI is InChI=1S/C18H21N5OS2/c1-11-6-12(2)8-13(7-11)15-9-14-16(26-15)17(21-10-20-14)22-23-18(25)19-4-5-24-3/h6-10H,4-5H2,1-3H3,(H2,19,23,25)(H,20,21,22). The molecule has 2 heterocycles. The molecule has 1 aromatic carbocycles. The van der Waals surface area contributed by atoms with Gasteiger partial charge in [0.1, 0.15) is 6.33 Å². The van der Waals surface area contributed by atoms with Gasteiger partial charge in [-0.15, -0.1) is 11.3 Å². The summed E-state index contributed by atoms with van der Waals surface area (Å²) in [5.74, 6) is 0.700. The number of hydrogen-bond acceptors (Lipinski definition) is 6. The molecule has 0 saturated carbocycles. The van der Waals surface area contributed by atoms with Gasteiger partial charge < -0.3 is 10.1 Å². The van der Waals surface area contributed by atoms with Crippen LogP contribution in [0.3, 0.4) is 0 Å². The van der Waals surface area contributed by atoms with Crippen LogP contribution in [-0.4, -0.2) is 35.3 Å². The van der Waals surface area contributed by atoms with Gasteiger partial charge in [0, 0.05) is 18.5 Å². The van der Waals surface area contributed by atoms with Gasteiger partial charge in [-0.05, 0) is 37.7 Å². The van der Waals surface area contributed by atoms with Crippen LogP contribution in [0.15, 0.2) is 30.6 Å². The Balaban J connectivity index is 1.80. The van der Waals surface area contributed by atoms with Crippen molar-refractivity contribution < 1.29 is 4.74 Å². The zero-order valence-electron chi connectivity index (χ0n) is 14.9. The lowest BCUT2D eigenvalue weighted by Gasteiger charge is -2.11. The number of thiocarbonyl (C=S) groups is 1. The van der Waals surface area contributed by atoms with Crippen LogP contribution < -0.4 is 16.2 Å². The van der Waals surface area contributed by atoms with E-state index in [0.29, 0.717) is 24.1 Å². The van der Waals surface area contributed by atoms with E-state index in [2.05, 4.69) is 64.2 Å². The maximum absolute atomic E-state index is 5.22. The molecule has 0 aliphatic rings. The first kappa shape index (κ1) is 18.5. The SMILES string of the molecule is COCCNC(=S)NNc1ncnc2cc(-c3cc(C)cc(C)c3)sc12. The lowest BCUT2D eigenvalue weighted by atomic mass is 10.1. The first-order valence-corrected chi connectivity index (χ1v) is 9.41. The van der Waals surface area contributed by atoms with E-state index in [4.69, 9.17) is 17.0 Å². The summed E-state index contributed by atoms with van der Waals surface area (Å²) in [6.45, 7) is 5.44. The van der Waals surface area contributed by atoms with Gasteiger partial charge in [0.25, 0.3) is 0 Å². The van der Waals surface area contributed by atoms with Crippen LogP contribution in [0.1, 0.15) is 11.1 Å². The van der Waals surface area contributed by atoms with Crippen molar-refractivity contribution >= 4 is 44.7 Å². The van der Waals surface area contributed by atoms with E-state index in [0.717, 1.165) is 15.1 Å². The van der Waals surface area contributed by atoms with Crippen LogP contribution >= 0.6 is 23.6 Å². The molecule has 8 heteroatoms. The molecular formula is C18H21N5OS2. The highest BCUT2D eigenvalue weighted by Gasteiger charge is 2.11. The normalized spacial score (nSPS) is 10.7. The summed E-state index contributed by atoms with van der Waals surface area (Å²) in [5.41, 5.74) is 10.6. The number of ether oxygens (including phenoxy) is 1. The van der Waals surface area contributed by atoms with Crippen molar-refractivity contribution in [1.29, 1.82) is 0 Å². The molecule has 0 atom stereocenters. The lowest BCUT2D eigenvalue weighted by molar-refractivity contribution is 0.204. The Morgan fingerprint density at radius 3 is 2.65 bits per heavy atom. The van der Waals surface area contributed by atoms with E-state index in [1.54, 1.807) is 24.8 Å². The zero-order chi connectivity index (χ0) is 18.5. The fourth-order valence-corrected chi connectivity index (χ4v) is 3.83. The van der Waals surface area contributed by atoms with Crippen molar-refractivity contribution in [3.63, 3.8) is 0 Å². The quantitative estimate of drug-likeness (QED) is 0.340. The van der Waals surface area contributed by atoms with Gasteiger partial charge in [-0.25, -0.2) is 9.97 Å². The van der Waals surface area contributed by atoms with Gasteiger partial charge in [0.15, 0.2) is 10.9 Å². The number of aromatic nitrogens is 2. The number of rotatable bonds is 6. The largest absolute Gasteiger partial charge is 0.383 e. The number of hydrazine groups is 1. The summed E-state index contributed by atoms with van der Waals surface area (Å²) in [6, 6.07) is 8.64. The average molecular weight is 388 g/mol. The summed E-state index contributed by atoms with van der Waals surface area (Å²) >= 11 is 6.88. The van der Waals surface area contributed by atoms with Crippen molar-refractivity contribution in [2.24, 2.45) is 0 Å². The van der Waals surface area contributed by atoms with Crippen LogP contribution in [0.25, 0.3) is 20.7 Å². The van der Waals surface area contributed by atoms with E-state index in [9.17, 15) is 0 Å². The van der Waals surface area contributed by atoms with Gasteiger partial charge >= 0.3 is 0 Å². The molecule has 2 aromatic heterocycles.